The van der Waals surface area contributed by atoms with Gasteiger partial charge < -0.3 is 10.1 Å². The van der Waals surface area contributed by atoms with E-state index in [0.29, 0.717) is 11.6 Å². The Kier molecular flexibility index (Phi) is 4.40. The number of hydrogen-bond acceptors (Lipinski definition) is 4. The summed E-state index contributed by atoms with van der Waals surface area (Å²) in [7, 11) is 1.69. The van der Waals surface area contributed by atoms with Gasteiger partial charge in [-0.3, -0.25) is 14.7 Å². The fourth-order valence-corrected chi connectivity index (χ4v) is 3.78. The van der Waals surface area contributed by atoms with Gasteiger partial charge in [-0.15, -0.1) is 0 Å². The van der Waals surface area contributed by atoms with Crippen molar-refractivity contribution in [2.45, 2.75) is 37.4 Å². The van der Waals surface area contributed by atoms with Crippen LogP contribution in [-0.4, -0.2) is 41.5 Å². The quantitative estimate of drug-likeness (QED) is 0.911. The molecule has 4 rings (SSSR count). The minimum absolute atomic E-state index is 0.0522. The van der Waals surface area contributed by atoms with Gasteiger partial charge >= 0.3 is 0 Å². The number of rotatable bonds is 5. The molecule has 1 aromatic carbocycles. The maximum absolute atomic E-state index is 12.6. The summed E-state index contributed by atoms with van der Waals surface area (Å²) in [6.45, 7) is 1.02. The number of carbonyl (C=O) groups excluding carboxylic acids is 1. The Morgan fingerprint density at radius 1 is 1.24 bits per heavy atom. The first kappa shape index (κ1) is 16.1. The van der Waals surface area contributed by atoms with E-state index in [9.17, 15) is 4.79 Å². The van der Waals surface area contributed by atoms with Crippen molar-refractivity contribution in [1.29, 1.82) is 0 Å². The summed E-state index contributed by atoms with van der Waals surface area (Å²) in [5, 5.41) is 3.23. The molecule has 2 aromatic rings. The highest BCUT2D eigenvalue weighted by atomic mass is 16.5. The molecular formula is C20H23N3O2. The minimum Gasteiger partial charge on any atom is -0.497 e. The van der Waals surface area contributed by atoms with Crippen LogP contribution in [0.3, 0.4) is 0 Å². The molecule has 5 nitrogen and oxygen atoms in total. The summed E-state index contributed by atoms with van der Waals surface area (Å²) < 4.78 is 5.40. The van der Waals surface area contributed by atoms with Crippen LogP contribution in [0.15, 0.2) is 48.8 Å². The topological polar surface area (TPSA) is 54.5 Å². The zero-order valence-electron chi connectivity index (χ0n) is 14.4. The molecule has 1 saturated heterocycles. The first-order chi connectivity index (χ1) is 12.3. The van der Waals surface area contributed by atoms with E-state index in [1.807, 2.05) is 12.1 Å². The Hall–Kier alpha value is -2.40. The normalized spacial score (nSPS) is 23.4. The van der Waals surface area contributed by atoms with Crippen LogP contribution in [0.1, 0.15) is 41.2 Å². The molecule has 130 valence electrons. The molecule has 0 spiro atoms. The van der Waals surface area contributed by atoms with Gasteiger partial charge in [-0.25, -0.2) is 0 Å². The number of ether oxygens (including phenoxy) is 1. The predicted molar refractivity (Wildman–Crippen MR) is 95.6 cm³/mol. The summed E-state index contributed by atoms with van der Waals surface area (Å²) >= 11 is 0. The van der Waals surface area contributed by atoms with Gasteiger partial charge in [0.2, 0.25) is 0 Å². The molecule has 1 N–H and O–H groups in total. The van der Waals surface area contributed by atoms with Crippen LogP contribution in [0, 0.1) is 0 Å². The second kappa shape index (κ2) is 6.84. The van der Waals surface area contributed by atoms with Gasteiger partial charge in [0.1, 0.15) is 5.75 Å². The van der Waals surface area contributed by atoms with Gasteiger partial charge in [-0.1, -0.05) is 12.1 Å². The lowest BCUT2D eigenvalue weighted by molar-refractivity contribution is 0.0923. The van der Waals surface area contributed by atoms with Crippen molar-refractivity contribution in [3.8, 4) is 5.75 Å². The number of benzene rings is 1. The van der Waals surface area contributed by atoms with E-state index in [1.54, 1.807) is 31.6 Å². The molecule has 2 unspecified atom stereocenters. The Labute approximate surface area is 148 Å². The molecule has 25 heavy (non-hydrogen) atoms. The summed E-state index contributed by atoms with van der Waals surface area (Å²) in [6.07, 6.45) is 6.77. The SMILES string of the molecule is COc1cccc(C2C(NC(=O)c3cccnc3)CCN2C2CC2)c1. The predicted octanol–water partition coefficient (Wildman–Crippen LogP) is 2.80. The van der Waals surface area contributed by atoms with Crippen molar-refractivity contribution in [3.63, 3.8) is 0 Å². The van der Waals surface area contributed by atoms with Crippen LogP contribution >= 0.6 is 0 Å². The lowest BCUT2D eigenvalue weighted by Crippen LogP contribution is -2.40. The number of aromatic nitrogens is 1. The molecule has 1 aromatic heterocycles. The zero-order valence-corrected chi connectivity index (χ0v) is 14.4. The number of likely N-dealkylation sites (tertiary alicyclic amines) is 1. The van der Waals surface area contributed by atoms with Gasteiger partial charge in [0.15, 0.2) is 0 Å². The monoisotopic (exact) mass is 337 g/mol. The molecule has 0 radical (unpaired) electrons. The van der Waals surface area contributed by atoms with E-state index in [2.05, 4.69) is 27.3 Å². The number of nitrogens with zero attached hydrogens (tertiary/aromatic N) is 2. The van der Waals surface area contributed by atoms with Gasteiger partial charge in [0.25, 0.3) is 5.91 Å². The van der Waals surface area contributed by atoms with Crippen molar-refractivity contribution >= 4 is 5.91 Å². The Morgan fingerprint density at radius 2 is 2.12 bits per heavy atom. The molecule has 5 heteroatoms. The van der Waals surface area contributed by atoms with Gasteiger partial charge in [-0.2, -0.15) is 0 Å². The summed E-state index contributed by atoms with van der Waals surface area (Å²) in [5.41, 5.74) is 1.82. The maximum atomic E-state index is 12.6. The van der Waals surface area contributed by atoms with Crippen molar-refractivity contribution in [3.05, 3.63) is 59.9 Å². The lowest BCUT2D eigenvalue weighted by atomic mass is 9.99. The van der Waals surface area contributed by atoms with Crippen molar-refractivity contribution in [2.75, 3.05) is 13.7 Å². The molecule has 1 aliphatic heterocycles. The third-order valence-corrected chi connectivity index (χ3v) is 5.13. The van der Waals surface area contributed by atoms with Crippen molar-refractivity contribution < 1.29 is 9.53 Å². The lowest BCUT2D eigenvalue weighted by Gasteiger charge is -2.29. The minimum atomic E-state index is -0.0522. The maximum Gasteiger partial charge on any atom is 0.253 e. The molecule has 2 heterocycles. The highest BCUT2D eigenvalue weighted by molar-refractivity contribution is 5.94. The average Bonchev–Trinajstić information content (AvgIpc) is 3.43. The van der Waals surface area contributed by atoms with Crippen LogP contribution in [0.4, 0.5) is 0 Å². The first-order valence-corrected chi connectivity index (χ1v) is 8.87. The molecule has 2 aliphatic rings. The number of methoxy groups -OCH3 is 1. The molecule has 2 atom stereocenters. The summed E-state index contributed by atoms with van der Waals surface area (Å²) in [5.74, 6) is 0.807. The fraction of sp³-hybridized carbons (Fsp3) is 0.400. The fourth-order valence-electron chi connectivity index (χ4n) is 3.78. The third-order valence-electron chi connectivity index (χ3n) is 5.13. The highest BCUT2D eigenvalue weighted by Gasteiger charge is 2.43. The van der Waals surface area contributed by atoms with Gasteiger partial charge in [0.05, 0.1) is 24.8 Å². The van der Waals surface area contributed by atoms with E-state index in [0.717, 1.165) is 18.7 Å². The molecule has 2 fully saturated rings. The number of carbonyl (C=O) groups is 1. The molecule has 1 amide bonds. The van der Waals surface area contributed by atoms with Gasteiger partial charge in [-0.05, 0) is 49.1 Å². The van der Waals surface area contributed by atoms with Crippen molar-refractivity contribution in [1.82, 2.24) is 15.2 Å². The van der Waals surface area contributed by atoms with Crippen LogP contribution in [0.25, 0.3) is 0 Å². The summed E-state index contributed by atoms with van der Waals surface area (Å²) in [4.78, 5) is 19.2. The average molecular weight is 337 g/mol. The van der Waals surface area contributed by atoms with E-state index < -0.39 is 0 Å². The van der Waals surface area contributed by atoms with Crippen LogP contribution in [-0.2, 0) is 0 Å². The van der Waals surface area contributed by atoms with Gasteiger partial charge in [0, 0.05) is 25.0 Å². The van der Waals surface area contributed by atoms with Crippen LogP contribution in [0.5, 0.6) is 5.75 Å². The van der Waals surface area contributed by atoms with E-state index in [-0.39, 0.29) is 18.0 Å². The molecular weight excluding hydrogens is 314 g/mol. The highest BCUT2D eigenvalue weighted by Crippen LogP contribution is 2.41. The third kappa shape index (κ3) is 3.37. The second-order valence-electron chi connectivity index (χ2n) is 6.80. The number of pyridine rings is 1. The van der Waals surface area contributed by atoms with Crippen LogP contribution < -0.4 is 10.1 Å². The van der Waals surface area contributed by atoms with Crippen molar-refractivity contribution in [2.24, 2.45) is 0 Å². The number of hydrogen-bond donors (Lipinski definition) is 1. The van der Waals surface area contributed by atoms with E-state index in [1.165, 1.54) is 18.4 Å². The Morgan fingerprint density at radius 3 is 2.84 bits per heavy atom. The smallest absolute Gasteiger partial charge is 0.253 e. The largest absolute Gasteiger partial charge is 0.497 e. The summed E-state index contributed by atoms with van der Waals surface area (Å²) in [6, 6.07) is 12.8. The zero-order chi connectivity index (χ0) is 17.2. The number of nitrogens with one attached hydrogen (secondary N) is 1. The molecule has 0 bridgehead atoms. The number of amides is 1. The van der Waals surface area contributed by atoms with Crippen LogP contribution in [0.2, 0.25) is 0 Å². The first-order valence-electron chi connectivity index (χ1n) is 8.87. The van der Waals surface area contributed by atoms with E-state index in [4.69, 9.17) is 4.74 Å². The standard InChI is InChI=1S/C20H23N3O2/c1-25-17-6-2-4-14(12-17)19-18(9-11-23(19)16-7-8-16)22-20(24)15-5-3-10-21-13-15/h2-6,10,12-13,16,18-19H,7-9,11H2,1H3,(H,22,24). The second-order valence-corrected chi connectivity index (χ2v) is 6.80. The Bertz CT molecular complexity index is 746. The molecule has 1 aliphatic carbocycles. The Balaban J connectivity index is 1.58. The molecule has 1 saturated carbocycles. The van der Waals surface area contributed by atoms with E-state index >= 15 is 0 Å².